The fourth-order valence-corrected chi connectivity index (χ4v) is 4.59. The zero-order valence-corrected chi connectivity index (χ0v) is 20.1. The molecule has 2 amide bonds. The standard InChI is InChI=1S/C27H24F3N3O4/c1-35-17-10-11-20(24(15-17)36-2)32-26(34)33-13-5-8-22(33)25-31-21-14-16(9-12-23(21)37-25)18-6-3-4-7-19(18)27(28,29)30/h3-4,6-7,9-12,14-15,22H,5,8,13H2,1-2H3,(H,32,34)/t22-/m0/s1. The summed E-state index contributed by atoms with van der Waals surface area (Å²) in [5.41, 5.74) is 1.08. The number of aromatic nitrogens is 1. The van der Waals surface area contributed by atoms with E-state index in [0.717, 1.165) is 12.5 Å². The number of methoxy groups -OCH3 is 2. The first-order valence-corrected chi connectivity index (χ1v) is 11.6. The average molecular weight is 512 g/mol. The minimum absolute atomic E-state index is 0.0664. The minimum atomic E-state index is -4.48. The van der Waals surface area contributed by atoms with Gasteiger partial charge in [0.2, 0.25) is 5.89 Å². The molecule has 0 aliphatic carbocycles. The highest BCUT2D eigenvalue weighted by molar-refractivity contribution is 5.91. The molecule has 10 heteroatoms. The summed E-state index contributed by atoms with van der Waals surface area (Å²) in [6.45, 7) is 0.498. The summed E-state index contributed by atoms with van der Waals surface area (Å²) in [7, 11) is 3.04. The van der Waals surface area contributed by atoms with Crippen LogP contribution in [0.15, 0.2) is 65.1 Å². The number of ether oxygens (including phenoxy) is 2. The molecule has 1 aliphatic heterocycles. The Balaban J connectivity index is 1.41. The van der Waals surface area contributed by atoms with E-state index in [4.69, 9.17) is 13.9 Å². The normalized spacial score (nSPS) is 15.7. The third kappa shape index (κ3) is 4.78. The molecule has 1 aliphatic rings. The number of urea groups is 1. The number of halogens is 3. The van der Waals surface area contributed by atoms with Crippen LogP contribution in [0.4, 0.5) is 23.7 Å². The van der Waals surface area contributed by atoms with Crippen molar-refractivity contribution in [3.8, 4) is 22.6 Å². The van der Waals surface area contributed by atoms with E-state index in [2.05, 4.69) is 10.3 Å². The molecule has 5 rings (SSSR count). The van der Waals surface area contributed by atoms with Gasteiger partial charge in [0.1, 0.15) is 23.1 Å². The monoisotopic (exact) mass is 511 g/mol. The van der Waals surface area contributed by atoms with Gasteiger partial charge in [0, 0.05) is 12.6 Å². The van der Waals surface area contributed by atoms with Crippen LogP contribution in [0.5, 0.6) is 11.5 Å². The van der Waals surface area contributed by atoms with Gasteiger partial charge in [0.15, 0.2) is 5.58 Å². The summed E-state index contributed by atoms with van der Waals surface area (Å²) in [6, 6.07) is 14.5. The number of oxazole rings is 1. The molecule has 1 aromatic heterocycles. The maximum atomic E-state index is 13.5. The molecule has 0 saturated carbocycles. The number of amides is 2. The molecule has 0 radical (unpaired) electrons. The fraction of sp³-hybridized carbons (Fsp3) is 0.259. The van der Waals surface area contributed by atoms with Gasteiger partial charge in [-0.05, 0) is 54.3 Å². The van der Waals surface area contributed by atoms with Crippen molar-refractivity contribution < 1.29 is 31.9 Å². The molecule has 1 saturated heterocycles. The Morgan fingerprint density at radius 1 is 1.08 bits per heavy atom. The van der Waals surface area contributed by atoms with Crippen LogP contribution in [0.2, 0.25) is 0 Å². The number of carbonyl (C=O) groups excluding carboxylic acids is 1. The first-order valence-electron chi connectivity index (χ1n) is 11.6. The van der Waals surface area contributed by atoms with Gasteiger partial charge in [-0.3, -0.25) is 0 Å². The number of alkyl halides is 3. The maximum Gasteiger partial charge on any atom is 0.417 e. The van der Waals surface area contributed by atoms with Crippen molar-refractivity contribution in [1.29, 1.82) is 0 Å². The Hall–Kier alpha value is -4.21. The van der Waals surface area contributed by atoms with E-state index in [1.54, 1.807) is 54.5 Å². The molecule has 1 atom stereocenters. The molecule has 2 heterocycles. The van der Waals surface area contributed by atoms with Crippen molar-refractivity contribution >= 4 is 22.8 Å². The summed E-state index contributed by atoms with van der Waals surface area (Å²) in [6.07, 6.45) is -3.09. The maximum absolute atomic E-state index is 13.5. The smallest absolute Gasteiger partial charge is 0.417 e. The summed E-state index contributed by atoms with van der Waals surface area (Å²) in [5, 5.41) is 2.87. The van der Waals surface area contributed by atoms with Crippen molar-refractivity contribution in [2.75, 3.05) is 26.1 Å². The second-order valence-corrected chi connectivity index (χ2v) is 8.63. The van der Waals surface area contributed by atoms with E-state index in [1.807, 2.05) is 0 Å². The van der Waals surface area contributed by atoms with Crippen LogP contribution in [-0.2, 0) is 6.18 Å². The lowest BCUT2D eigenvalue weighted by Gasteiger charge is -2.23. The first-order chi connectivity index (χ1) is 17.8. The number of benzene rings is 3. The second kappa shape index (κ2) is 9.68. The highest BCUT2D eigenvalue weighted by atomic mass is 19.4. The number of hydrogen-bond donors (Lipinski definition) is 1. The largest absolute Gasteiger partial charge is 0.497 e. The van der Waals surface area contributed by atoms with Crippen molar-refractivity contribution in [2.45, 2.75) is 25.1 Å². The van der Waals surface area contributed by atoms with E-state index in [1.165, 1.54) is 19.2 Å². The quantitative estimate of drug-likeness (QED) is 0.315. The topological polar surface area (TPSA) is 76.8 Å². The second-order valence-electron chi connectivity index (χ2n) is 8.63. The van der Waals surface area contributed by atoms with Crippen LogP contribution in [-0.4, -0.2) is 36.7 Å². The molecule has 0 unspecified atom stereocenters. The van der Waals surface area contributed by atoms with E-state index < -0.39 is 17.8 Å². The summed E-state index contributed by atoms with van der Waals surface area (Å²) in [4.78, 5) is 19.4. The molecule has 3 aromatic carbocycles. The number of hydrogen-bond acceptors (Lipinski definition) is 5. The first kappa shape index (κ1) is 24.5. The van der Waals surface area contributed by atoms with E-state index in [-0.39, 0.29) is 11.6 Å². The third-order valence-electron chi connectivity index (χ3n) is 6.40. The van der Waals surface area contributed by atoms with Gasteiger partial charge in [-0.2, -0.15) is 13.2 Å². The Morgan fingerprint density at radius 3 is 2.65 bits per heavy atom. The zero-order chi connectivity index (χ0) is 26.2. The summed E-state index contributed by atoms with van der Waals surface area (Å²) < 4.78 is 57.1. The lowest BCUT2D eigenvalue weighted by molar-refractivity contribution is -0.137. The SMILES string of the molecule is COc1ccc(NC(=O)N2CCC[C@H]2c2nc3cc(-c4ccccc4C(F)(F)F)ccc3o2)c(OC)c1. The van der Waals surface area contributed by atoms with Gasteiger partial charge in [0.25, 0.3) is 0 Å². The number of nitrogens with zero attached hydrogens (tertiary/aromatic N) is 2. The van der Waals surface area contributed by atoms with Gasteiger partial charge in [0.05, 0.1) is 25.5 Å². The van der Waals surface area contributed by atoms with Gasteiger partial charge >= 0.3 is 12.2 Å². The number of rotatable bonds is 5. The number of nitrogens with one attached hydrogen (secondary N) is 1. The fourth-order valence-electron chi connectivity index (χ4n) is 4.59. The predicted molar refractivity (Wildman–Crippen MR) is 132 cm³/mol. The molecule has 1 N–H and O–H groups in total. The number of fused-ring (bicyclic) bond motifs is 1. The molecule has 7 nitrogen and oxygen atoms in total. The molecule has 37 heavy (non-hydrogen) atoms. The van der Waals surface area contributed by atoms with E-state index in [9.17, 15) is 18.0 Å². The van der Waals surface area contributed by atoms with Crippen molar-refractivity contribution in [2.24, 2.45) is 0 Å². The highest BCUT2D eigenvalue weighted by Crippen LogP contribution is 2.39. The molecule has 192 valence electrons. The summed E-state index contributed by atoms with van der Waals surface area (Å²) >= 11 is 0. The lowest BCUT2D eigenvalue weighted by Crippen LogP contribution is -2.34. The van der Waals surface area contributed by atoms with Gasteiger partial charge in [-0.1, -0.05) is 24.3 Å². The van der Waals surface area contributed by atoms with Crippen LogP contribution in [0, 0.1) is 0 Å². The Labute approximate surface area is 210 Å². The predicted octanol–water partition coefficient (Wildman–Crippen LogP) is 6.90. The highest BCUT2D eigenvalue weighted by Gasteiger charge is 2.35. The molecular formula is C27H24F3N3O4. The van der Waals surface area contributed by atoms with Gasteiger partial charge in [-0.25, -0.2) is 9.78 Å². The number of anilines is 1. The van der Waals surface area contributed by atoms with Crippen molar-refractivity contribution in [3.63, 3.8) is 0 Å². The Morgan fingerprint density at radius 2 is 1.89 bits per heavy atom. The molecule has 0 bridgehead atoms. The van der Waals surface area contributed by atoms with E-state index in [0.29, 0.717) is 52.7 Å². The Bertz CT molecular complexity index is 1450. The number of carbonyl (C=O) groups is 1. The van der Waals surface area contributed by atoms with Crippen LogP contribution in [0.25, 0.3) is 22.2 Å². The van der Waals surface area contributed by atoms with Crippen LogP contribution >= 0.6 is 0 Å². The van der Waals surface area contributed by atoms with Crippen LogP contribution < -0.4 is 14.8 Å². The molecule has 4 aromatic rings. The average Bonchev–Trinajstić information content (AvgIpc) is 3.55. The van der Waals surface area contributed by atoms with Crippen molar-refractivity contribution in [1.82, 2.24) is 9.88 Å². The van der Waals surface area contributed by atoms with E-state index >= 15 is 0 Å². The van der Waals surface area contributed by atoms with Gasteiger partial charge < -0.3 is 24.1 Å². The van der Waals surface area contributed by atoms with Crippen molar-refractivity contribution in [3.05, 3.63) is 72.1 Å². The number of likely N-dealkylation sites (tertiary alicyclic amines) is 1. The van der Waals surface area contributed by atoms with Crippen LogP contribution in [0.3, 0.4) is 0 Å². The molecule has 0 spiro atoms. The lowest BCUT2D eigenvalue weighted by atomic mass is 9.99. The minimum Gasteiger partial charge on any atom is -0.497 e. The zero-order valence-electron chi connectivity index (χ0n) is 20.1. The molecular weight excluding hydrogens is 487 g/mol. The Kier molecular flexibility index (Phi) is 6.41. The summed E-state index contributed by atoms with van der Waals surface area (Å²) in [5.74, 6) is 1.39. The molecule has 1 fully saturated rings. The third-order valence-corrected chi connectivity index (χ3v) is 6.40. The van der Waals surface area contributed by atoms with Gasteiger partial charge in [-0.15, -0.1) is 0 Å². The van der Waals surface area contributed by atoms with Crippen LogP contribution in [0.1, 0.15) is 30.3 Å².